The summed E-state index contributed by atoms with van der Waals surface area (Å²) in [5, 5.41) is -3.63. The van der Waals surface area contributed by atoms with Gasteiger partial charge in [0.25, 0.3) is 0 Å². The van der Waals surface area contributed by atoms with Crippen LogP contribution in [0.2, 0.25) is 20.1 Å². The normalized spacial score (nSPS) is 11.3. The largest absolute Gasteiger partial charge is 0.207 e. The average molecular weight is 588 g/mol. The van der Waals surface area contributed by atoms with E-state index in [9.17, 15) is 26.3 Å². The van der Waals surface area contributed by atoms with E-state index >= 15 is 8.78 Å². The molecule has 186 valence electrons. The van der Waals surface area contributed by atoms with E-state index in [-0.39, 0.29) is 0 Å². The zero-order valence-corrected chi connectivity index (χ0v) is 20.0. The van der Waals surface area contributed by atoms with Crippen molar-refractivity contribution in [1.82, 2.24) is 0 Å². The smallest absolute Gasteiger partial charge is 0.160 e. The minimum atomic E-state index is -1.61. The predicted molar refractivity (Wildman–Crippen MR) is 122 cm³/mol. The van der Waals surface area contributed by atoms with E-state index in [4.69, 9.17) is 46.4 Å². The number of benzene rings is 4. The number of hydrogen-bond acceptors (Lipinski definition) is 0. The predicted octanol–water partition coefficient (Wildman–Crippen LogP) is 10.4. The molecule has 0 saturated carbocycles. The highest BCUT2D eigenvalue weighted by Gasteiger charge is 2.32. The van der Waals surface area contributed by atoms with Gasteiger partial charge in [0.15, 0.2) is 23.3 Å². The van der Waals surface area contributed by atoms with Crippen LogP contribution in [0.1, 0.15) is 0 Å². The molecule has 4 aromatic rings. The van der Waals surface area contributed by atoms with Crippen molar-refractivity contribution in [2.45, 2.75) is 0 Å². The number of rotatable bonds is 3. The third-order valence-electron chi connectivity index (χ3n) is 5.16. The monoisotopic (exact) mass is 586 g/mol. The van der Waals surface area contributed by atoms with Gasteiger partial charge in [-0.05, 0) is 30.3 Å². The van der Waals surface area contributed by atoms with Crippen molar-refractivity contribution in [2.24, 2.45) is 0 Å². The van der Waals surface area contributed by atoms with Crippen LogP contribution >= 0.6 is 46.4 Å². The van der Waals surface area contributed by atoms with Crippen molar-refractivity contribution in [2.75, 3.05) is 0 Å². The van der Waals surface area contributed by atoms with Crippen LogP contribution in [0.3, 0.4) is 0 Å². The van der Waals surface area contributed by atoms with E-state index < -0.39 is 100 Å². The summed E-state index contributed by atoms with van der Waals surface area (Å²) in [6, 6.07) is 3.03. The molecule has 0 nitrogen and oxygen atoms in total. The van der Waals surface area contributed by atoms with Gasteiger partial charge in [0.1, 0.15) is 28.3 Å². The highest BCUT2D eigenvalue weighted by Crippen LogP contribution is 2.50. The maximum atomic E-state index is 16.1. The van der Waals surface area contributed by atoms with Gasteiger partial charge < -0.3 is 0 Å². The molecule has 0 heterocycles. The lowest BCUT2D eigenvalue weighted by Gasteiger charge is -2.20. The Morgan fingerprint density at radius 2 is 1.03 bits per heavy atom. The first-order valence-electron chi connectivity index (χ1n) is 9.49. The van der Waals surface area contributed by atoms with Gasteiger partial charge >= 0.3 is 0 Å². The van der Waals surface area contributed by atoms with Crippen LogP contribution in [-0.4, -0.2) is 0 Å². The summed E-state index contributed by atoms with van der Waals surface area (Å²) in [7, 11) is 0. The second-order valence-electron chi connectivity index (χ2n) is 7.28. The summed E-state index contributed by atoms with van der Waals surface area (Å²) in [5.41, 5.74) is -5.52. The third-order valence-corrected chi connectivity index (χ3v) is 6.47. The summed E-state index contributed by atoms with van der Waals surface area (Å²) < 4.78 is 117. The van der Waals surface area contributed by atoms with Gasteiger partial charge in [-0.2, -0.15) is 0 Å². The molecule has 0 amide bonds. The zero-order chi connectivity index (χ0) is 26.6. The Kier molecular flexibility index (Phi) is 7.18. The fraction of sp³-hybridized carbons (Fsp3) is 0. The van der Waals surface area contributed by atoms with Crippen LogP contribution in [0.5, 0.6) is 0 Å². The van der Waals surface area contributed by atoms with Crippen molar-refractivity contribution in [1.29, 1.82) is 0 Å². The topological polar surface area (TPSA) is 0 Å². The third kappa shape index (κ3) is 4.30. The Hall–Kier alpha value is -2.52. The molecule has 0 atom stereocenters. The van der Waals surface area contributed by atoms with Crippen molar-refractivity contribution < 1.29 is 35.1 Å². The lowest BCUT2D eigenvalue weighted by Crippen LogP contribution is -2.04. The van der Waals surface area contributed by atoms with Crippen LogP contribution in [0, 0.1) is 46.5 Å². The fourth-order valence-electron chi connectivity index (χ4n) is 3.60. The molecule has 0 fully saturated rings. The average Bonchev–Trinajstić information content (AvgIpc) is 2.79. The van der Waals surface area contributed by atoms with Gasteiger partial charge in [0, 0.05) is 39.4 Å². The van der Waals surface area contributed by atoms with Gasteiger partial charge in [-0.1, -0.05) is 46.4 Å². The summed E-state index contributed by atoms with van der Waals surface area (Å²) in [6.45, 7) is 0. The summed E-state index contributed by atoms with van der Waals surface area (Å²) in [4.78, 5) is 0. The Morgan fingerprint density at radius 3 is 1.67 bits per heavy atom. The molecular formula is C24H6Cl4F8. The maximum Gasteiger partial charge on any atom is 0.160 e. The molecule has 0 aliphatic carbocycles. The Bertz CT molecular complexity index is 1550. The summed E-state index contributed by atoms with van der Waals surface area (Å²) in [6.07, 6.45) is 0. The molecule has 0 aliphatic rings. The van der Waals surface area contributed by atoms with Crippen LogP contribution < -0.4 is 0 Å². The second kappa shape index (κ2) is 9.74. The maximum absolute atomic E-state index is 16.1. The van der Waals surface area contributed by atoms with Crippen molar-refractivity contribution in [3.8, 4) is 33.4 Å². The molecule has 0 saturated heterocycles. The van der Waals surface area contributed by atoms with E-state index in [1.165, 1.54) is 0 Å². The minimum absolute atomic E-state index is 0.312. The SMILES string of the molecule is Fc1cc(F)c(-c2c(F)c(-c3cc(F)c(F)cc3Cl)c(-c3ccc(F)c(Cl)c3F)c(F)c2Cl)c(Cl)c1. The molecule has 12 heteroatoms. The first kappa shape index (κ1) is 26.5. The molecule has 36 heavy (non-hydrogen) atoms. The molecule has 4 aromatic carbocycles. The molecule has 0 N–H and O–H groups in total. The van der Waals surface area contributed by atoms with E-state index in [1.807, 2.05) is 0 Å². The van der Waals surface area contributed by atoms with E-state index in [0.29, 0.717) is 36.4 Å². The van der Waals surface area contributed by atoms with E-state index in [1.54, 1.807) is 0 Å². The second-order valence-corrected chi connectivity index (χ2v) is 8.85. The Labute approximate surface area is 217 Å². The quantitative estimate of drug-likeness (QED) is 0.127. The van der Waals surface area contributed by atoms with Gasteiger partial charge in [0.2, 0.25) is 0 Å². The van der Waals surface area contributed by atoms with Crippen LogP contribution in [-0.2, 0) is 0 Å². The molecule has 0 bridgehead atoms. The highest BCUT2D eigenvalue weighted by atomic mass is 35.5. The Balaban J connectivity index is 2.25. The molecule has 0 spiro atoms. The molecule has 0 unspecified atom stereocenters. The first-order valence-corrected chi connectivity index (χ1v) is 11.0. The Morgan fingerprint density at radius 1 is 0.417 bits per heavy atom. The molecule has 4 rings (SSSR count). The summed E-state index contributed by atoms with van der Waals surface area (Å²) in [5.74, 6) is -11.6. The molecule has 0 aromatic heterocycles. The lowest BCUT2D eigenvalue weighted by molar-refractivity contribution is 0.509. The van der Waals surface area contributed by atoms with E-state index in [2.05, 4.69) is 0 Å². The molecular weight excluding hydrogens is 582 g/mol. The minimum Gasteiger partial charge on any atom is -0.207 e. The van der Waals surface area contributed by atoms with Crippen LogP contribution in [0.4, 0.5) is 35.1 Å². The van der Waals surface area contributed by atoms with Crippen molar-refractivity contribution >= 4 is 46.4 Å². The molecule has 0 aliphatic heterocycles. The van der Waals surface area contributed by atoms with Gasteiger partial charge in [-0.15, -0.1) is 0 Å². The zero-order valence-electron chi connectivity index (χ0n) is 17.0. The first-order chi connectivity index (χ1) is 16.8. The van der Waals surface area contributed by atoms with Crippen molar-refractivity contribution in [3.05, 3.63) is 103 Å². The highest BCUT2D eigenvalue weighted by molar-refractivity contribution is 6.37. The van der Waals surface area contributed by atoms with Gasteiger partial charge in [0.05, 0.1) is 15.1 Å². The number of halogens is 12. The van der Waals surface area contributed by atoms with E-state index in [0.717, 1.165) is 0 Å². The van der Waals surface area contributed by atoms with Gasteiger partial charge in [-0.3, -0.25) is 0 Å². The van der Waals surface area contributed by atoms with Crippen LogP contribution in [0.25, 0.3) is 33.4 Å². The lowest BCUT2D eigenvalue weighted by atomic mass is 9.89. The van der Waals surface area contributed by atoms with Gasteiger partial charge in [-0.25, -0.2) is 35.1 Å². The molecule has 0 radical (unpaired) electrons. The number of hydrogen-bond donors (Lipinski definition) is 0. The van der Waals surface area contributed by atoms with Crippen LogP contribution in [0.15, 0.2) is 36.4 Å². The standard InChI is InChI=1S/C24H6Cl4F8/c25-10-6-14(32)13(31)5-9(10)17-16(8-1-2-12(30)20(27)22(8)34)24(36)21(28)19(23(17)35)18-11(26)3-7(29)4-15(18)33/h1-6H. The fourth-order valence-corrected chi connectivity index (χ4v) is 4.57. The summed E-state index contributed by atoms with van der Waals surface area (Å²) >= 11 is 23.5. The van der Waals surface area contributed by atoms with Crippen molar-refractivity contribution in [3.63, 3.8) is 0 Å².